The smallest absolute Gasteiger partial charge is 0.336 e. The molecule has 1 aliphatic rings. The monoisotopic (exact) mass is 614 g/mol. The Morgan fingerprint density at radius 3 is 1.88 bits per heavy atom. The number of esters is 2. The molecule has 10 heteroatoms. The van der Waals surface area contributed by atoms with Crippen molar-refractivity contribution in [3.63, 3.8) is 0 Å². The molecule has 0 aromatic heterocycles. The third-order valence-corrected chi connectivity index (χ3v) is 13.5. The Morgan fingerprint density at radius 2 is 1.35 bits per heavy atom. The van der Waals surface area contributed by atoms with Crippen molar-refractivity contribution in [1.82, 2.24) is 0 Å². The lowest BCUT2D eigenvalue weighted by molar-refractivity contribution is -0.384. The maximum atomic E-state index is 13.9. The van der Waals surface area contributed by atoms with Gasteiger partial charge in [-0.05, 0) is 19.4 Å². The van der Waals surface area contributed by atoms with E-state index in [2.05, 4.69) is 31.2 Å². The first-order valence-electron chi connectivity index (χ1n) is 14.3. The van der Waals surface area contributed by atoms with E-state index >= 15 is 0 Å². The van der Waals surface area contributed by atoms with Crippen LogP contribution in [-0.2, 0) is 19.1 Å². The van der Waals surface area contributed by atoms with Crippen molar-refractivity contribution in [1.29, 1.82) is 0 Å². The molecule has 4 rings (SSSR count). The van der Waals surface area contributed by atoms with Crippen molar-refractivity contribution in [2.75, 3.05) is 12.5 Å². The molecule has 0 bridgehead atoms. The zero-order valence-corrected chi connectivity index (χ0v) is 27.5. The van der Waals surface area contributed by atoms with Crippen LogP contribution < -0.4 is 10.4 Å². The van der Waals surface area contributed by atoms with E-state index in [1.807, 2.05) is 60.7 Å². The number of benzene rings is 3. The lowest BCUT2D eigenvalue weighted by Gasteiger charge is -2.33. The molecule has 1 heterocycles. The number of nitro benzene ring substituents is 1. The minimum Gasteiger partial charge on any atom is -0.469 e. The number of nitro groups is 1. The Balaban J connectivity index is 1.68. The normalized spacial score (nSPS) is 17.2. The Hall–Kier alpha value is -4.16. The molecule has 0 saturated carbocycles. The summed E-state index contributed by atoms with van der Waals surface area (Å²) in [6, 6.07) is 26.0. The quantitative estimate of drug-likeness (QED) is 0.130. The highest BCUT2D eigenvalue weighted by Gasteiger charge is 2.44. The summed E-state index contributed by atoms with van der Waals surface area (Å²) in [7, 11) is -4.29. The zero-order chi connectivity index (χ0) is 31.4. The molecule has 0 N–H and O–H groups in total. The van der Waals surface area contributed by atoms with Crippen molar-refractivity contribution in [2.24, 2.45) is 10.9 Å². The van der Waals surface area contributed by atoms with Gasteiger partial charge < -0.3 is 9.47 Å². The predicted octanol–water partition coefficient (Wildman–Crippen LogP) is 5.44. The molecular weight excluding hydrogens is 577 g/mol. The molecule has 2 unspecified atom stereocenters. The van der Waals surface area contributed by atoms with Crippen LogP contribution >= 0.6 is 0 Å². The van der Waals surface area contributed by atoms with Gasteiger partial charge in [0.15, 0.2) is 0 Å². The maximum Gasteiger partial charge on any atom is 0.336 e. The van der Waals surface area contributed by atoms with Crippen LogP contribution in [0.2, 0.25) is 26.2 Å². The van der Waals surface area contributed by atoms with Crippen LogP contribution in [0.25, 0.3) is 0 Å². The van der Waals surface area contributed by atoms with Gasteiger partial charge in [0.1, 0.15) is 22.1 Å². The lowest BCUT2D eigenvalue weighted by Crippen LogP contribution is -2.48. The van der Waals surface area contributed by atoms with Crippen LogP contribution in [0.4, 0.5) is 5.69 Å². The molecule has 0 saturated heterocycles. The molecule has 43 heavy (non-hydrogen) atoms. The van der Waals surface area contributed by atoms with Gasteiger partial charge in [-0.3, -0.25) is 19.9 Å². The van der Waals surface area contributed by atoms with Crippen LogP contribution in [-0.4, -0.2) is 51.2 Å². The van der Waals surface area contributed by atoms with Crippen LogP contribution in [0.1, 0.15) is 25.3 Å². The Kier molecular flexibility index (Phi) is 9.61. The Labute approximate surface area is 254 Å². The standard InChI is InChI=1S/C33H38N2O6Si2/c1-23-29(32(36)40-21-42(3,4)27-16-9-7-10-17-27)31(25-14-13-15-26(20-25)35(38)39)30(24(2)34-23)33(37)41-22-43(5,6)28-18-11-8-12-19-28/h7-20,29,31H,21-22H2,1-6H3. The van der Waals surface area contributed by atoms with Crippen molar-refractivity contribution < 1.29 is 24.0 Å². The molecule has 224 valence electrons. The first kappa shape index (κ1) is 31.8. The predicted molar refractivity (Wildman–Crippen MR) is 174 cm³/mol. The van der Waals surface area contributed by atoms with E-state index in [0.717, 1.165) is 10.4 Å². The first-order valence-corrected chi connectivity index (χ1v) is 20.7. The van der Waals surface area contributed by atoms with Gasteiger partial charge in [0.2, 0.25) is 0 Å². The van der Waals surface area contributed by atoms with E-state index in [0.29, 0.717) is 17.0 Å². The third kappa shape index (κ3) is 7.26. The molecule has 0 radical (unpaired) electrons. The van der Waals surface area contributed by atoms with E-state index in [1.54, 1.807) is 26.0 Å². The van der Waals surface area contributed by atoms with E-state index in [1.165, 1.54) is 12.1 Å². The number of carbonyl (C=O) groups is 2. The summed E-state index contributed by atoms with van der Waals surface area (Å²) in [4.78, 5) is 43.6. The van der Waals surface area contributed by atoms with Gasteiger partial charge >= 0.3 is 11.9 Å². The molecule has 8 nitrogen and oxygen atoms in total. The Bertz CT molecular complexity index is 1570. The molecule has 3 aromatic carbocycles. The highest BCUT2D eigenvalue weighted by atomic mass is 28.3. The summed E-state index contributed by atoms with van der Waals surface area (Å²) >= 11 is 0. The zero-order valence-electron chi connectivity index (χ0n) is 25.5. The fourth-order valence-electron chi connectivity index (χ4n) is 5.41. The van der Waals surface area contributed by atoms with Crippen LogP contribution in [0, 0.1) is 16.0 Å². The van der Waals surface area contributed by atoms with Gasteiger partial charge in [-0.25, -0.2) is 4.79 Å². The molecule has 0 amide bonds. The summed E-state index contributed by atoms with van der Waals surface area (Å²) in [6.45, 7) is 11.9. The fourth-order valence-corrected chi connectivity index (χ4v) is 8.93. The van der Waals surface area contributed by atoms with E-state index in [-0.39, 0.29) is 23.7 Å². The minimum absolute atomic E-state index is 0.134. The van der Waals surface area contributed by atoms with Crippen molar-refractivity contribution in [3.05, 3.63) is 112 Å². The van der Waals surface area contributed by atoms with Gasteiger partial charge in [-0.1, -0.05) is 109 Å². The average Bonchev–Trinajstić information content (AvgIpc) is 2.99. The Morgan fingerprint density at radius 1 is 0.814 bits per heavy atom. The first-order chi connectivity index (χ1) is 20.3. The number of carbonyl (C=O) groups excluding carboxylic acids is 2. The largest absolute Gasteiger partial charge is 0.469 e. The van der Waals surface area contributed by atoms with Crippen LogP contribution in [0.5, 0.6) is 0 Å². The molecule has 0 aliphatic carbocycles. The van der Waals surface area contributed by atoms with E-state index in [4.69, 9.17) is 9.47 Å². The second-order valence-corrected chi connectivity index (χ2v) is 21.5. The number of rotatable bonds is 10. The highest BCUT2D eigenvalue weighted by Crippen LogP contribution is 2.41. The molecule has 1 aliphatic heterocycles. The summed E-state index contributed by atoms with van der Waals surface area (Å²) in [6.07, 6.45) is 0.462. The summed E-state index contributed by atoms with van der Waals surface area (Å²) in [5.41, 5.74) is 1.43. The van der Waals surface area contributed by atoms with Gasteiger partial charge in [0.05, 0.1) is 23.0 Å². The van der Waals surface area contributed by atoms with Crippen molar-refractivity contribution in [3.8, 4) is 0 Å². The second kappa shape index (κ2) is 13.0. The average molecular weight is 615 g/mol. The highest BCUT2D eigenvalue weighted by molar-refractivity contribution is 6.90. The topological polar surface area (TPSA) is 108 Å². The lowest BCUT2D eigenvalue weighted by atomic mass is 9.75. The number of hydrogen-bond acceptors (Lipinski definition) is 7. The van der Waals surface area contributed by atoms with Crippen LogP contribution in [0.15, 0.2) is 101 Å². The molecular formula is C33H38N2O6Si2. The summed E-state index contributed by atoms with van der Waals surface area (Å²) in [5, 5.41) is 14.0. The molecule has 2 atom stereocenters. The minimum atomic E-state index is -2.15. The summed E-state index contributed by atoms with van der Waals surface area (Å²) in [5.74, 6) is -2.92. The maximum absolute atomic E-state index is 13.9. The van der Waals surface area contributed by atoms with Crippen molar-refractivity contribution >= 4 is 49.9 Å². The van der Waals surface area contributed by atoms with E-state index < -0.39 is 44.8 Å². The van der Waals surface area contributed by atoms with E-state index in [9.17, 15) is 19.7 Å². The SMILES string of the molecule is CC1=NC(C)=C(C(=O)OC[Si](C)(C)c2ccccc2)C(c2cccc([N+](=O)[O-])c2)C1C(=O)OC[Si](C)(C)c1ccccc1. The molecule has 3 aromatic rings. The summed E-state index contributed by atoms with van der Waals surface area (Å²) < 4.78 is 11.9. The number of nitrogens with zero attached hydrogens (tertiary/aromatic N) is 2. The number of hydrogen-bond donors (Lipinski definition) is 0. The number of non-ortho nitro benzene ring substituents is 1. The fraction of sp³-hybridized carbons (Fsp3) is 0.303. The number of ether oxygens (including phenoxy) is 2. The van der Waals surface area contributed by atoms with Gasteiger partial charge in [0, 0.05) is 29.5 Å². The second-order valence-electron chi connectivity index (χ2n) is 12.2. The van der Waals surface area contributed by atoms with Gasteiger partial charge in [0.25, 0.3) is 5.69 Å². The molecule has 0 fully saturated rings. The van der Waals surface area contributed by atoms with Gasteiger partial charge in [-0.2, -0.15) is 0 Å². The van der Waals surface area contributed by atoms with Gasteiger partial charge in [-0.15, -0.1) is 0 Å². The van der Waals surface area contributed by atoms with Crippen LogP contribution in [0.3, 0.4) is 0 Å². The number of aliphatic imine (C=N–C) groups is 1. The third-order valence-electron chi connectivity index (χ3n) is 7.99. The number of allylic oxidation sites excluding steroid dienone is 1. The molecule has 0 spiro atoms. The van der Waals surface area contributed by atoms with Crippen molar-refractivity contribution in [2.45, 2.75) is 46.0 Å².